The van der Waals surface area contributed by atoms with E-state index in [1.54, 1.807) is 0 Å². The van der Waals surface area contributed by atoms with Crippen LogP contribution in [0.4, 0.5) is 5.82 Å². The first-order chi connectivity index (χ1) is 15.6. The van der Waals surface area contributed by atoms with E-state index in [-0.39, 0.29) is 30.1 Å². The summed E-state index contributed by atoms with van der Waals surface area (Å²) in [7, 11) is -16.6. The fraction of sp³-hybridized carbons (Fsp3) is 0.500. The smallest absolute Gasteiger partial charge is 0.480 e. The zero-order valence-corrected chi connectivity index (χ0v) is 19.5. The lowest BCUT2D eigenvalue weighted by Crippen LogP contribution is -2.48. The molecule has 2 aromatic heterocycles. The minimum atomic E-state index is -5.69. The first-order valence-electron chi connectivity index (χ1n) is 8.95. The van der Waals surface area contributed by atoms with Gasteiger partial charge in [0.2, 0.25) is 0 Å². The SMILES string of the molecule is Nc1ncnc2c1ncn2C1CN(CC(=O)O)CC(COP(=O)(O)OP(=O)(O)OP(=O)(O)O)O1. The first-order valence-corrected chi connectivity index (χ1v) is 13.5. The molecule has 0 bridgehead atoms. The average Bonchev–Trinajstić information content (AvgIpc) is 3.08. The lowest BCUT2D eigenvalue weighted by atomic mass is 10.2. The standard InChI is InChI=1S/C12H19N6O13P3/c13-11-10-12(15-5-14-11)18(6-16-10)8-2-17(3-9(19)20)1-7(29-8)4-28-33(24,25)31-34(26,27)30-32(21,22)23/h5-8H,1-4H2,(H,19,20)(H,24,25)(H,26,27)(H2,13,14,15)(H2,21,22,23). The van der Waals surface area contributed by atoms with Crippen LogP contribution in [0.15, 0.2) is 12.7 Å². The van der Waals surface area contributed by atoms with Crippen LogP contribution in [0.3, 0.4) is 0 Å². The van der Waals surface area contributed by atoms with Crippen molar-refractivity contribution < 1.29 is 61.1 Å². The second kappa shape index (κ2) is 10.0. The second-order valence-corrected chi connectivity index (χ2v) is 11.2. The maximum absolute atomic E-state index is 12.0. The van der Waals surface area contributed by atoms with Gasteiger partial charge in [0, 0.05) is 13.1 Å². The Labute approximate surface area is 189 Å². The molecule has 4 atom stereocenters. The number of carbonyl (C=O) groups is 1. The van der Waals surface area contributed by atoms with Gasteiger partial charge in [0.15, 0.2) is 11.5 Å². The van der Waals surface area contributed by atoms with E-state index in [0.29, 0.717) is 0 Å². The lowest BCUT2D eigenvalue weighted by molar-refractivity contribution is -0.151. The number of anilines is 1. The van der Waals surface area contributed by atoms with Crippen molar-refractivity contribution >= 4 is 46.4 Å². The number of imidazole rings is 1. The number of phosphoric acid groups is 3. The van der Waals surface area contributed by atoms with Gasteiger partial charge in [-0.3, -0.25) is 18.8 Å². The maximum atomic E-state index is 12.0. The van der Waals surface area contributed by atoms with E-state index in [2.05, 4.69) is 28.1 Å². The van der Waals surface area contributed by atoms with Crippen LogP contribution in [0.25, 0.3) is 11.2 Å². The minimum Gasteiger partial charge on any atom is -0.480 e. The van der Waals surface area contributed by atoms with Gasteiger partial charge in [0.25, 0.3) is 0 Å². The number of carboxylic acid groups (broad SMARTS) is 1. The van der Waals surface area contributed by atoms with E-state index in [9.17, 15) is 28.3 Å². The summed E-state index contributed by atoms with van der Waals surface area (Å²) in [5.41, 5.74) is 6.27. The Hall–Kier alpha value is -1.85. The van der Waals surface area contributed by atoms with E-state index < -0.39 is 54.9 Å². The van der Waals surface area contributed by atoms with Crippen molar-refractivity contribution in [2.75, 3.05) is 32.0 Å². The van der Waals surface area contributed by atoms with Crippen molar-refractivity contribution in [2.24, 2.45) is 0 Å². The van der Waals surface area contributed by atoms with Gasteiger partial charge in [-0.05, 0) is 0 Å². The molecule has 0 aliphatic carbocycles. The highest BCUT2D eigenvalue weighted by molar-refractivity contribution is 7.66. The van der Waals surface area contributed by atoms with E-state index in [0.717, 1.165) is 0 Å². The molecule has 19 nitrogen and oxygen atoms in total. The van der Waals surface area contributed by atoms with Gasteiger partial charge in [0.05, 0.1) is 25.6 Å². The van der Waals surface area contributed by atoms with Crippen LogP contribution in [-0.4, -0.2) is 87.4 Å². The number of phosphoric ester groups is 1. The number of hydrogen-bond donors (Lipinski definition) is 6. The minimum absolute atomic E-state index is 0.0351. The molecule has 0 amide bonds. The summed E-state index contributed by atoms with van der Waals surface area (Å²) in [6.07, 6.45) is 0.506. The topological polar surface area (TPSA) is 279 Å². The number of carboxylic acids is 1. The molecule has 1 aliphatic heterocycles. The van der Waals surface area contributed by atoms with Gasteiger partial charge in [-0.25, -0.2) is 28.6 Å². The molecule has 1 saturated heterocycles. The number of aromatic nitrogens is 4. The number of aliphatic carboxylic acids is 1. The lowest BCUT2D eigenvalue weighted by Gasteiger charge is -2.37. The molecule has 0 aromatic carbocycles. The molecule has 0 spiro atoms. The van der Waals surface area contributed by atoms with Crippen molar-refractivity contribution in [3.8, 4) is 0 Å². The summed E-state index contributed by atoms with van der Waals surface area (Å²) >= 11 is 0. The van der Waals surface area contributed by atoms with Crippen LogP contribution in [0.2, 0.25) is 0 Å². The number of ether oxygens (including phenoxy) is 1. The summed E-state index contributed by atoms with van der Waals surface area (Å²) in [4.78, 5) is 60.6. The van der Waals surface area contributed by atoms with Crippen molar-refractivity contribution in [1.82, 2.24) is 24.4 Å². The van der Waals surface area contributed by atoms with Gasteiger partial charge in [-0.15, -0.1) is 0 Å². The summed E-state index contributed by atoms with van der Waals surface area (Å²) in [5, 5.41) is 9.15. The number of fused-ring (bicyclic) bond motifs is 1. The van der Waals surface area contributed by atoms with Gasteiger partial charge in [0.1, 0.15) is 18.1 Å². The van der Waals surface area contributed by atoms with Gasteiger partial charge in [-0.2, -0.15) is 8.62 Å². The Kier molecular flexibility index (Phi) is 7.89. The summed E-state index contributed by atoms with van der Waals surface area (Å²) in [6, 6.07) is 0. The average molecular weight is 548 g/mol. The third kappa shape index (κ3) is 7.32. The predicted octanol–water partition coefficient (Wildman–Crippen LogP) is -0.964. The highest BCUT2D eigenvalue weighted by Crippen LogP contribution is 2.66. The van der Waals surface area contributed by atoms with Crippen LogP contribution in [0, 0.1) is 0 Å². The van der Waals surface area contributed by atoms with Crippen molar-refractivity contribution in [3.05, 3.63) is 12.7 Å². The van der Waals surface area contributed by atoms with E-state index in [4.69, 9.17) is 25.4 Å². The Balaban J connectivity index is 1.74. The molecule has 1 fully saturated rings. The van der Waals surface area contributed by atoms with Crippen LogP contribution in [0.1, 0.15) is 6.23 Å². The van der Waals surface area contributed by atoms with E-state index in [1.807, 2.05) is 0 Å². The second-order valence-electron chi connectivity index (χ2n) is 6.77. The summed E-state index contributed by atoms with van der Waals surface area (Å²) in [5.74, 6) is -1.08. The van der Waals surface area contributed by atoms with E-state index in [1.165, 1.54) is 22.1 Å². The van der Waals surface area contributed by atoms with Gasteiger partial charge in [-0.1, -0.05) is 0 Å². The fourth-order valence-electron chi connectivity index (χ4n) is 3.02. The molecule has 22 heteroatoms. The first kappa shape index (κ1) is 26.7. The monoisotopic (exact) mass is 548 g/mol. The van der Waals surface area contributed by atoms with Crippen molar-refractivity contribution in [3.63, 3.8) is 0 Å². The van der Waals surface area contributed by atoms with Crippen LogP contribution < -0.4 is 5.73 Å². The molecule has 34 heavy (non-hydrogen) atoms. The Morgan fingerprint density at radius 3 is 2.47 bits per heavy atom. The van der Waals surface area contributed by atoms with Crippen LogP contribution in [0.5, 0.6) is 0 Å². The van der Waals surface area contributed by atoms with E-state index >= 15 is 0 Å². The zero-order valence-electron chi connectivity index (χ0n) is 16.8. The normalized spacial score (nSPS) is 23.4. The van der Waals surface area contributed by atoms with Crippen molar-refractivity contribution in [2.45, 2.75) is 12.3 Å². The zero-order chi connectivity index (χ0) is 25.3. The van der Waals surface area contributed by atoms with Gasteiger partial charge < -0.3 is 35.2 Å². The molecule has 190 valence electrons. The number of nitrogens with two attached hydrogens (primary N) is 1. The predicted molar refractivity (Wildman–Crippen MR) is 108 cm³/mol. The number of morpholine rings is 1. The highest BCUT2D eigenvalue weighted by Gasteiger charge is 2.41. The molecule has 0 radical (unpaired) electrons. The fourth-order valence-corrected chi connectivity index (χ4v) is 6.07. The van der Waals surface area contributed by atoms with Crippen LogP contribution >= 0.6 is 23.5 Å². The molecule has 3 heterocycles. The third-order valence-corrected chi connectivity index (χ3v) is 7.92. The summed E-state index contributed by atoms with van der Waals surface area (Å²) < 4.78 is 53.2. The number of rotatable bonds is 10. The molecule has 3 rings (SSSR count). The molecule has 1 aliphatic rings. The Morgan fingerprint density at radius 2 is 1.82 bits per heavy atom. The Bertz CT molecular complexity index is 1200. The maximum Gasteiger partial charge on any atom is 0.490 e. The molecular formula is C12H19N6O13P3. The highest BCUT2D eigenvalue weighted by atomic mass is 31.3. The molecule has 7 N–H and O–H groups in total. The summed E-state index contributed by atoms with van der Waals surface area (Å²) in [6.45, 7) is -1.27. The number of nitrogen functional groups attached to an aromatic ring is 1. The van der Waals surface area contributed by atoms with Crippen molar-refractivity contribution in [1.29, 1.82) is 0 Å². The number of hydrogen-bond acceptors (Lipinski definition) is 13. The molecule has 4 unspecified atom stereocenters. The molecule has 2 aromatic rings. The van der Waals surface area contributed by atoms with Crippen LogP contribution in [-0.2, 0) is 36.4 Å². The number of nitrogens with zero attached hydrogens (tertiary/aromatic N) is 5. The molecule has 0 saturated carbocycles. The Morgan fingerprint density at radius 1 is 1.12 bits per heavy atom. The third-order valence-electron chi connectivity index (χ3n) is 4.12. The largest absolute Gasteiger partial charge is 0.490 e. The molecular weight excluding hydrogens is 529 g/mol. The van der Waals surface area contributed by atoms with Gasteiger partial charge >= 0.3 is 29.4 Å². The quantitative estimate of drug-likeness (QED) is 0.195.